The molecule has 1 aromatic rings. The molecule has 1 aliphatic carbocycles. The van der Waals surface area contributed by atoms with E-state index in [9.17, 15) is 19.3 Å². The Morgan fingerprint density at radius 2 is 2.14 bits per heavy atom. The number of rotatable bonds is 5. The second kappa shape index (κ2) is 6.07. The highest BCUT2D eigenvalue weighted by molar-refractivity contribution is 5.81. The van der Waals surface area contributed by atoms with Gasteiger partial charge in [-0.1, -0.05) is 12.1 Å². The van der Waals surface area contributed by atoms with E-state index in [1.54, 1.807) is 24.3 Å². The smallest absolute Gasteiger partial charge is 0.288 e. The molecule has 0 N–H and O–H groups in total. The first kappa shape index (κ1) is 15.8. The van der Waals surface area contributed by atoms with Gasteiger partial charge in [-0.15, -0.1) is 0 Å². The molecule has 7 heteroatoms. The first-order valence-corrected chi connectivity index (χ1v) is 6.38. The molecule has 2 rings (SSSR count). The van der Waals surface area contributed by atoms with Crippen LogP contribution in [0.2, 0.25) is 0 Å². The van der Waals surface area contributed by atoms with Gasteiger partial charge in [-0.3, -0.25) is 14.9 Å². The molecule has 1 aromatic carbocycles. The lowest BCUT2D eigenvalue weighted by Crippen LogP contribution is -2.40. The second-order valence-corrected chi connectivity index (χ2v) is 4.73. The fraction of sp³-hybridized carbons (Fsp3) is 0.267. The molecule has 0 aliphatic heterocycles. The molecule has 0 aromatic heterocycles. The number of benzene rings is 1. The van der Waals surface area contributed by atoms with Gasteiger partial charge < -0.3 is 9.47 Å². The maximum Gasteiger partial charge on any atom is 0.288 e. The number of nitrogens with zero attached hydrogens (tertiary/aromatic N) is 1. The van der Waals surface area contributed by atoms with Crippen LogP contribution < -0.4 is 4.74 Å². The summed E-state index contributed by atoms with van der Waals surface area (Å²) in [4.78, 5) is 21.7. The van der Waals surface area contributed by atoms with Crippen LogP contribution >= 0.6 is 0 Å². The summed E-state index contributed by atoms with van der Waals surface area (Å²) in [5.74, 6) is -0.259. The Morgan fingerprint density at radius 1 is 1.41 bits per heavy atom. The molecule has 116 valence electrons. The van der Waals surface area contributed by atoms with E-state index >= 15 is 0 Å². The minimum absolute atomic E-state index is 0.151. The van der Waals surface area contributed by atoms with E-state index in [4.69, 9.17) is 9.47 Å². The Bertz CT molecular complexity index is 682. The molecule has 22 heavy (non-hydrogen) atoms. The Kier molecular flexibility index (Phi) is 4.37. The molecule has 0 bridgehead atoms. The summed E-state index contributed by atoms with van der Waals surface area (Å²) >= 11 is 0. The van der Waals surface area contributed by atoms with Crippen molar-refractivity contribution in [2.24, 2.45) is 0 Å². The van der Waals surface area contributed by atoms with Gasteiger partial charge in [-0.25, -0.2) is 4.39 Å². The summed E-state index contributed by atoms with van der Waals surface area (Å²) < 4.78 is 24.4. The molecule has 0 spiro atoms. The SMILES string of the molecule is COc1cccc(C2=C(F)C=C([N+](=O)[O-])C(C=O)(OC)C2)c1. The van der Waals surface area contributed by atoms with E-state index in [2.05, 4.69) is 0 Å². The molecule has 1 unspecified atom stereocenters. The van der Waals surface area contributed by atoms with Gasteiger partial charge in [-0.05, 0) is 23.3 Å². The molecule has 0 saturated carbocycles. The fourth-order valence-corrected chi connectivity index (χ4v) is 2.35. The molecule has 0 fully saturated rings. The lowest BCUT2D eigenvalue weighted by Gasteiger charge is -2.28. The minimum Gasteiger partial charge on any atom is -0.497 e. The zero-order valence-corrected chi connectivity index (χ0v) is 12.0. The van der Waals surface area contributed by atoms with Crippen molar-refractivity contribution in [3.63, 3.8) is 0 Å². The third kappa shape index (κ3) is 2.62. The zero-order valence-electron chi connectivity index (χ0n) is 12.0. The summed E-state index contributed by atoms with van der Waals surface area (Å²) in [5, 5.41) is 11.1. The van der Waals surface area contributed by atoms with E-state index in [1.165, 1.54) is 14.2 Å². The standard InChI is InChI=1S/C15H14FNO5/c1-21-11-5-3-4-10(6-11)12-8-15(9-18,22-2)14(17(19)20)7-13(12)16/h3-7,9H,8H2,1-2H3. The Hall–Kier alpha value is -2.54. The van der Waals surface area contributed by atoms with Crippen molar-refractivity contribution in [2.75, 3.05) is 14.2 Å². The van der Waals surface area contributed by atoms with Gasteiger partial charge in [0.25, 0.3) is 5.70 Å². The third-order valence-corrected chi connectivity index (χ3v) is 3.59. The van der Waals surface area contributed by atoms with Crippen molar-refractivity contribution in [3.05, 3.63) is 57.5 Å². The van der Waals surface area contributed by atoms with Gasteiger partial charge in [0.2, 0.25) is 5.60 Å². The van der Waals surface area contributed by atoms with Gasteiger partial charge in [0.05, 0.1) is 18.1 Å². The van der Waals surface area contributed by atoms with Crippen molar-refractivity contribution in [3.8, 4) is 5.75 Å². The minimum atomic E-state index is -1.81. The van der Waals surface area contributed by atoms with Crippen molar-refractivity contribution in [1.82, 2.24) is 0 Å². The fourth-order valence-electron chi connectivity index (χ4n) is 2.35. The van der Waals surface area contributed by atoms with Gasteiger partial charge >= 0.3 is 0 Å². The predicted molar refractivity (Wildman–Crippen MR) is 76.5 cm³/mol. The van der Waals surface area contributed by atoms with Crippen LogP contribution in [0.4, 0.5) is 4.39 Å². The highest BCUT2D eigenvalue weighted by Gasteiger charge is 2.47. The van der Waals surface area contributed by atoms with E-state index in [1.807, 2.05) is 0 Å². The lowest BCUT2D eigenvalue weighted by atomic mass is 9.84. The number of carbonyl (C=O) groups excluding carboxylic acids is 1. The third-order valence-electron chi connectivity index (χ3n) is 3.59. The number of methoxy groups -OCH3 is 2. The van der Waals surface area contributed by atoms with Crippen LogP contribution in [0.3, 0.4) is 0 Å². The van der Waals surface area contributed by atoms with Gasteiger partial charge in [0.1, 0.15) is 11.6 Å². The average Bonchev–Trinajstić information content (AvgIpc) is 2.54. The molecule has 0 radical (unpaired) electrons. The lowest BCUT2D eigenvalue weighted by molar-refractivity contribution is -0.441. The van der Waals surface area contributed by atoms with E-state index in [-0.39, 0.29) is 12.0 Å². The van der Waals surface area contributed by atoms with Crippen LogP contribution in [-0.2, 0) is 9.53 Å². The molecule has 0 heterocycles. The molecule has 0 saturated heterocycles. The molecule has 1 atom stereocenters. The van der Waals surface area contributed by atoms with E-state index < -0.39 is 22.0 Å². The highest BCUT2D eigenvalue weighted by atomic mass is 19.1. The highest BCUT2D eigenvalue weighted by Crippen LogP contribution is 2.40. The summed E-state index contributed by atoms with van der Waals surface area (Å²) in [6, 6.07) is 6.57. The summed E-state index contributed by atoms with van der Waals surface area (Å²) in [5.41, 5.74) is -1.80. The molecule has 0 amide bonds. The van der Waals surface area contributed by atoms with Crippen LogP contribution in [0.25, 0.3) is 5.57 Å². The first-order valence-electron chi connectivity index (χ1n) is 6.38. The monoisotopic (exact) mass is 307 g/mol. The number of allylic oxidation sites excluding steroid dienone is 2. The van der Waals surface area contributed by atoms with Crippen LogP contribution in [0.15, 0.2) is 41.9 Å². The number of ether oxygens (including phenoxy) is 2. The molecule has 1 aliphatic rings. The topological polar surface area (TPSA) is 78.7 Å². The number of aldehydes is 1. The second-order valence-electron chi connectivity index (χ2n) is 4.73. The predicted octanol–water partition coefficient (Wildman–Crippen LogP) is 2.52. The number of hydrogen-bond donors (Lipinski definition) is 0. The number of halogens is 1. The van der Waals surface area contributed by atoms with E-state index in [0.29, 0.717) is 17.6 Å². The first-order chi connectivity index (χ1) is 10.5. The Balaban J connectivity index is 2.58. The molecular weight excluding hydrogens is 293 g/mol. The maximum atomic E-state index is 14.3. The molecular formula is C15H14FNO5. The quantitative estimate of drug-likeness (QED) is 0.474. The van der Waals surface area contributed by atoms with Crippen LogP contribution in [-0.4, -0.2) is 31.0 Å². The summed E-state index contributed by atoms with van der Waals surface area (Å²) in [7, 11) is 2.65. The van der Waals surface area contributed by atoms with E-state index in [0.717, 1.165) is 6.08 Å². The van der Waals surface area contributed by atoms with Crippen LogP contribution in [0, 0.1) is 10.1 Å². The number of carbonyl (C=O) groups is 1. The van der Waals surface area contributed by atoms with Crippen molar-refractivity contribution in [2.45, 2.75) is 12.0 Å². The molecule has 6 nitrogen and oxygen atoms in total. The number of hydrogen-bond acceptors (Lipinski definition) is 5. The van der Waals surface area contributed by atoms with Gasteiger partial charge in [0, 0.05) is 13.5 Å². The van der Waals surface area contributed by atoms with Crippen LogP contribution in [0.1, 0.15) is 12.0 Å². The number of nitro groups is 1. The van der Waals surface area contributed by atoms with Crippen molar-refractivity contribution in [1.29, 1.82) is 0 Å². The van der Waals surface area contributed by atoms with Crippen molar-refractivity contribution < 1.29 is 23.6 Å². The maximum absolute atomic E-state index is 14.3. The summed E-state index contributed by atoms with van der Waals surface area (Å²) in [6.07, 6.45) is 0.795. The Morgan fingerprint density at radius 3 is 2.68 bits per heavy atom. The largest absolute Gasteiger partial charge is 0.497 e. The van der Waals surface area contributed by atoms with Gasteiger partial charge in [-0.2, -0.15) is 0 Å². The summed E-state index contributed by atoms with van der Waals surface area (Å²) in [6.45, 7) is 0. The zero-order chi connectivity index (χ0) is 16.3. The Labute approximate surface area is 126 Å². The van der Waals surface area contributed by atoms with Crippen LogP contribution in [0.5, 0.6) is 5.75 Å². The normalized spacial score (nSPS) is 21.3. The van der Waals surface area contributed by atoms with Gasteiger partial charge in [0.15, 0.2) is 6.29 Å². The van der Waals surface area contributed by atoms with Crippen molar-refractivity contribution >= 4 is 11.9 Å². The average molecular weight is 307 g/mol.